The zero-order valence-corrected chi connectivity index (χ0v) is 21.6. The van der Waals surface area contributed by atoms with Gasteiger partial charge in [-0.05, 0) is 60.6 Å². The molecule has 2 aliphatic heterocycles. The average Bonchev–Trinajstić information content (AvgIpc) is 3.15. The highest BCUT2D eigenvalue weighted by molar-refractivity contribution is 6.06. The van der Waals surface area contributed by atoms with Gasteiger partial charge in [0.2, 0.25) is 0 Å². The van der Waals surface area contributed by atoms with Crippen LogP contribution in [0.2, 0.25) is 0 Å². The molecular formula is C30H33N3O4. The molecule has 0 unspecified atom stereocenters. The molecule has 1 N–H and O–H groups in total. The molecule has 7 heteroatoms. The number of amides is 3. The van der Waals surface area contributed by atoms with Crippen LogP contribution in [-0.4, -0.2) is 54.7 Å². The van der Waals surface area contributed by atoms with E-state index in [-0.39, 0.29) is 24.6 Å². The third-order valence-corrected chi connectivity index (χ3v) is 7.51. The van der Waals surface area contributed by atoms with E-state index < -0.39 is 5.54 Å². The second-order valence-corrected chi connectivity index (χ2v) is 9.90. The lowest BCUT2D eigenvalue weighted by Gasteiger charge is -2.39. The molecule has 2 heterocycles. The molecule has 2 atom stereocenters. The fraction of sp³-hybridized carbons (Fsp3) is 0.333. The molecule has 0 aromatic heterocycles. The number of carbonyl (C=O) groups excluding carboxylic acids is 2. The van der Waals surface area contributed by atoms with E-state index in [4.69, 9.17) is 9.47 Å². The number of hydrogen-bond donors (Lipinski definition) is 1. The number of hydrogen-bond acceptors (Lipinski definition) is 5. The molecule has 7 nitrogen and oxygen atoms in total. The number of nitrogens with one attached hydrogen (secondary N) is 1. The summed E-state index contributed by atoms with van der Waals surface area (Å²) in [6.45, 7) is 2.73. The van der Waals surface area contributed by atoms with Crippen molar-refractivity contribution in [1.29, 1.82) is 0 Å². The summed E-state index contributed by atoms with van der Waals surface area (Å²) in [5.74, 6) is 1.18. The van der Waals surface area contributed by atoms with Crippen molar-refractivity contribution in [3.8, 4) is 11.5 Å². The zero-order chi connectivity index (χ0) is 26.0. The predicted octanol–water partition coefficient (Wildman–Crippen LogP) is 4.55. The van der Waals surface area contributed by atoms with Gasteiger partial charge in [-0.25, -0.2) is 9.69 Å². The minimum Gasteiger partial charge on any atom is -0.493 e. The Labute approximate surface area is 218 Å². The van der Waals surface area contributed by atoms with Crippen molar-refractivity contribution in [3.63, 3.8) is 0 Å². The fourth-order valence-electron chi connectivity index (χ4n) is 5.44. The van der Waals surface area contributed by atoms with Crippen LogP contribution in [-0.2, 0) is 17.6 Å². The fourth-order valence-corrected chi connectivity index (χ4v) is 5.44. The lowest BCUT2D eigenvalue weighted by molar-refractivity contribution is -0.132. The van der Waals surface area contributed by atoms with Gasteiger partial charge in [0.15, 0.2) is 11.5 Å². The number of imide groups is 1. The highest BCUT2D eigenvalue weighted by Crippen LogP contribution is 2.41. The van der Waals surface area contributed by atoms with Crippen LogP contribution in [0, 0.1) is 0 Å². The number of aryl methyl sites for hydroxylation is 1. The van der Waals surface area contributed by atoms with Crippen LogP contribution in [0.1, 0.15) is 41.6 Å². The first-order chi connectivity index (χ1) is 17.9. The smallest absolute Gasteiger partial charge is 0.326 e. The van der Waals surface area contributed by atoms with Crippen molar-refractivity contribution in [2.45, 2.75) is 37.8 Å². The third-order valence-electron chi connectivity index (χ3n) is 7.51. The van der Waals surface area contributed by atoms with Gasteiger partial charge in [0.25, 0.3) is 5.91 Å². The molecule has 0 bridgehead atoms. The van der Waals surface area contributed by atoms with Crippen molar-refractivity contribution in [3.05, 3.63) is 95.1 Å². The monoisotopic (exact) mass is 499 g/mol. The Morgan fingerprint density at radius 2 is 1.59 bits per heavy atom. The molecule has 0 aliphatic carbocycles. The van der Waals surface area contributed by atoms with Gasteiger partial charge in [-0.3, -0.25) is 9.69 Å². The van der Waals surface area contributed by atoms with Gasteiger partial charge in [-0.2, -0.15) is 0 Å². The lowest BCUT2D eigenvalue weighted by atomic mass is 9.88. The molecular weight excluding hydrogens is 466 g/mol. The summed E-state index contributed by atoms with van der Waals surface area (Å²) in [7, 11) is 3.27. The van der Waals surface area contributed by atoms with Crippen LogP contribution < -0.4 is 14.8 Å². The number of fused-ring (bicyclic) bond motifs is 1. The maximum atomic E-state index is 13.6. The molecule has 2 aliphatic rings. The summed E-state index contributed by atoms with van der Waals surface area (Å²) in [5, 5.41) is 2.97. The van der Waals surface area contributed by atoms with Gasteiger partial charge < -0.3 is 14.8 Å². The molecule has 3 amide bonds. The molecule has 0 saturated carbocycles. The van der Waals surface area contributed by atoms with Crippen molar-refractivity contribution in [2.24, 2.45) is 0 Å². The Kier molecular flexibility index (Phi) is 6.89. The summed E-state index contributed by atoms with van der Waals surface area (Å²) in [4.78, 5) is 30.2. The number of ether oxygens (including phenoxy) is 2. The summed E-state index contributed by atoms with van der Waals surface area (Å²) < 4.78 is 11.1. The van der Waals surface area contributed by atoms with E-state index in [2.05, 4.69) is 22.3 Å². The summed E-state index contributed by atoms with van der Waals surface area (Å²) >= 11 is 0. The van der Waals surface area contributed by atoms with E-state index in [9.17, 15) is 9.59 Å². The van der Waals surface area contributed by atoms with Crippen LogP contribution in [0.3, 0.4) is 0 Å². The second kappa shape index (κ2) is 10.3. The van der Waals surface area contributed by atoms with Crippen LogP contribution in [0.4, 0.5) is 4.79 Å². The topological polar surface area (TPSA) is 71.1 Å². The minimum atomic E-state index is -0.931. The average molecular weight is 500 g/mol. The largest absolute Gasteiger partial charge is 0.493 e. The molecule has 1 saturated heterocycles. The summed E-state index contributed by atoms with van der Waals surface area (Å²) in [6.07, 6.45) is 2.02. The van der Waals surface area contributed by atoms with Gasteiger partial charge in [-0.15, -0.1) is 0 Å². The summed E-state index contributed by atoms with van der Waals surface area (Å²) in [5.41, 5.74) is 3.57. The van der Waals surface area contributed by atoms with E-state index in [0.29, 0.717) is 30.9 Å². The maximum Gasteiger partial charge on any atom is 0.326 e. The first kappa shape index (κ1) is 24.8. The van der Waals surface area contributed by atoms with Gasteiger partial charge in [0, 0.05) is 6.54 Å². The number of methoxy groups -OCH3 is 2. The number of benzene rings is 3. The maximum absolute atomic E-state index is 13.6. The molecule has 5 rings (SSSR count). The number of rotatable bonds is 8. The van der Waals surface area contributed by atoms with E-state index >= 15 is 0 Å². The van der Waals surface area contributed by atoms with Crippen LogP contribution in [0.25, 0.3) is 0 Å². The Hall–Kier alpha value is -3.84. The second-order valence-electron chi connectivity index (χ2n) is 9.90. The number of carbonyl (C=O) groups is 2. The number of urea groups is 1. The standard InChI is InChI=1S/C30H33N3O4/c1-30(16-14-21-10-6-4-7-11-21)28(34)33(29(35)31-30)20-32-17-15-23-18-25(36-2)26(37-3)19-24(23)27(32)22-12-8-5-9-13-22/h4-13,18-19,27H,14-17,20H2,1-3H3,(H,31,35)/t27-,30-/m0/s1. The molecule has 192 valence electrons. The zero-order valence-electron chi connectivity index (χ0n) is 21.6. The summed E-state index contributed by atoms with van der Waals surface area (Å²) in [6, 6.07) is 23.8. The van der Waals surface area contributed by atoms with Gasteiger partial charge in [0.1, 0.15) is 5.54 Å². The van der Waals surface area contributed by atoms with E-state index in [1.54, 1.807) is 14.2 Å². The van der Waals surface area contributed by atoms with Crippen molar-refractivity contribution in [2.75, 3.05) is 27.4 Å². The van der Waals surface area contributed by atoms with Crippen molar-refractivity contribution in [1.82, 2.24) is 15.1 Å². The van der Waals surface area contributed by atoms with E-state index in [1.807, 2.05) is 67.6 Å². The number of nitrogens with zero attached hydrogens (tertiary/aromatic N) is 2. The Morgan fingerprint density at radius 1 is 0.946 bits per heavy atom. The van der Waals surface area contributed by atoms with Crippen LogP contribution in [0.15, 0.2) is 72.8 Å². The lowest BCUT2D eigenvalue weighted by Crippen LogP contribution is -2.48. The van der Waals surface area contributed by atoms with E-state index in [0.717, 1.165) is 23.1 Å². The predicted molar refractivity (Wildman–Crippen MR) is 142 cm³/mol. The Bertz CT molecular complexity index is 1280. The minimum absolute atomic E-state index is 0.137. The first-order valence-electron chi connectivity index (χ1n) is 12.7. The Balaban J connectivity index is 1.42. The van der Waals surface area contributed by atoms with Gasteiger partial charge in [-0.1, -0.05) is 60.7 Å². The highest BCUT2D eigenvalue weighted by Gasteiger charge is 2.48. The molecule has 3 aromatic carbocycles. The first-order valence-corrected chi connectivity index (χ1v) is 12.7. The molecule has 37 heavy (non-hydrogen) atoms. The highest BCUT2D eigenvalue weighted by atomic mass is 16.5. The Morgan fingerprint density at radius 3 is 2.27 bits per heavy atom. The molecule has 1 fully saturated rings. The van der Waals surface area contributed by atoms with E-state index in [1.165, 1.54) is 10.5 Å². The quantitative estimate of drug-likeness (QED) is 0.461. The SMILES string of the molecule is COc1cc2c(cc1OC)[C@H](c1ccccc1)N(CN1C(=O)N[C@@](C)(CCc3ccccc3)C1=O)CC2. The third kappa shape index (κ3) is 4.79. The van der Waals surface area contributed by atoms with Crippen molar-refractivity contribution >= 4 is 11.9 Å². The van der Waals surface area contributed by atoms with Crippen LogP contribution >= 0.6 is 0 Å². The van der Waals surface area contributed by atoms with Crippen LogP contribution in [0.5, 0.6) is 11.5 Å². The normalized spacial score (nSPS) is 21.5. The van der Waals surface area contributed by atoms with Gasteiger partial charge in [0.05, 0.1) is 26.9 Å². The van der Waals surface area contributed by atoms with Gasteiger partial charge >= 0.3 is 6.03 Å². The van der Waals surface area contributed by atoms with Crippen molar-refractivity contribution < 1.29 is 19.1 Å². The molecule has 0 spiro atoms. The molecule has 0 radical (unpaired) electrons. The molecule has 3 aromatic rings.